The Morgan fingerprint density at radius 2 is 2.32 bits per heavy atom. The highest BCUT2D eigenvalue weighted by atomic mass is 16.5. The third kappa shape index (κ3) is 3.11. The number of guanidine groups is 1. The van der Waals surface area contributed by atoms with Crippen LogP contribution in [0.25, 0.3) is 0 Å². The van der Waals surface area contributed by atoms with E-state index in [1.54, 1.807) is 0 Å². The number of likely N-dealkylation sites (tertiary alicyclic amines) is 1. The maximum Gasteiger partial charge on any atom is 0.232 e. The number of carbonyl (C=O) groups excluding carboxylic acids is 1. The lowest BCUT2D eigenvalue weighted by molar-refractivity contribution is -0.117. The van der Waals surface area contributed by atoms with Crippen LogP contribution in [0, 0.1) is 5.41 Å². The van der Waals surface area contributed by atoms with Gasteiger partial charge in [0.25, 0.3) is 0 Å². The number of hydrogen-bond acceptors (Lipinski definition) is 3. The zero-order chi connectivity index (χ0) is 17.3. The number of nitrogens with one attached hydrogen (secondary N) is 2. The Labute approximate surface area is 148 Å². The molecule has 2 unspecified atom stereocenters. The molecule has 0 aliphatic carbocycles. The minimum atomic E-state index is -0.0741. The summed E-state index contributed by atoms with van der Waals surface area (Å²) in [5, 5.41) is 6.42. The Hall–Kier alpha value is -2.08. The molecule has 1 aromatic carbocycles. The number of para-hydroxylation sites is 1. The fraction of sp³-hybridized carbons (Fsp3) is 0.579. The summed E-state index contributed by atoms with van der Waals surface area (Å²) in [6.45, 7) is 4.53. The van der Waals surface area contributed by atoms with Gasteiger partial charge in [-0.2, -0.15) is 0 Å². The van der Waals surface area contributed by atoms with Crippen LogP contribution in [0.2, 0.25) is 0 Å². The topological polar surface area (TPSA) is 66.0 Å². The summed E-state index contributed by atoms with van der Waals surface area (Å²) in [7, 11) is 1.83. The summed E-state index contributed by atoms with van der Waals surface area (Å²) in [5.41, 5.74) is 2.37. The van der Waals surface area contributed by atoms with Crippen molar-refractivity contribution >= 4 is 17.6 Å². The van der Waals surface area contributed by atoms with Gasteiger partial charge in [-0.15, -0.1) is 0 Å². The molecule has 1 amide bonds. The van der Waals surface area contributed by atoms with E-state index in [-0.39, 0.29) is 11.8 Å². The average Bonchev–Trinajstić information content (AvgIpc) is 3.33. The fourth-order valence-electron chi connectivity index (χ4n) is 4.31. The van der Waals surface area contributed by atoms with Crippen LogP contribution in [0.5, 0.6) is 0 Å². The summed E-state index contributed by atoms with van der Waals surface area (Å²) < 4.78 is 5.61. The molecule has 3 aliphatic heterocycles. The molecule has 6 heteroatoms. The van der Waals surface area contributed by atoms with Crippen molar-refractivity contribution < 1.29 is 9.53 Å². The van der Waals surface area contributed by atoms with Crippen LogP contribution in [0.15, 0.2) is 29.3 Å². The summed E-state index contributed by atoms with van der Waals surface area (Å²) in [6, 6.07) is 7.95. The first-order valence-electron chi connectivity index (χ1n) is 9.14. The summed E-state index contributed by atoms with van der Waals surface area (Å²) in [5.74, 6) is 0.964. The highest BCUT2D eigenvalue weighted by molar-refractivity contribution is 6.02. The highest BCUT2D eigenvalue weighted by Crippen LogP contribution is 2.38. The van der Waals surface area contributed by atoms with Gasteiger partial charge < -0.3 is 20.3 Å². The number of benzene rings is 1. The zero-order valence-electron chi connectivity index (χ0n) is 14.8. The van der Waals surface area contributed by atoms with Gasteiger partial charge in [0.15, 0.2) is 5.96 Å². The van der Waals surface area contributed by atoms with Crippen LogP contribution in [0.1, 0.15) is 30.7 Å². The van der Waals surface area contributed by atoms with Crippen molar-refractivity contribution in [3.05, 3.63) is 29.8 Å². The lowest BCUT2D eigenvalue weighted by Crippen LogP contribution is -2.42. The smallest absolute Gasteiger partial charge is 0.232 e. The minimum absolute atomic E-state index is 0.0741. The number of rotatable bonds is 3. The van der Waals surface area contributed by atoms with Crippen LogP contribution in [0.3, 0.4) is 0 Å². The van der Waals surface area contributed by atoms with Gasteiger partial charge in [-0.3, -0.25) is 9.79 Å². The Bertz CT molecular complexity index is 682. The van der Waals surface area contributed by atoms with Gasteiger partial charge in [-0.1, -0.05) is 18.2 Å². The Morgan fingerprint density at radius 3 is 3.12 bits per heavy atom. The molecule has 0 aromatic heterocycles. The molecule has 2 saturated heterocycles. The van der Waals surface area contributed by atoms with E-state index in [0.717, 1.165) is 62.9 Å². The maximum atomic E-state index is 12.2. The number of fused-ring (bicyclic) bond motifs is 1. The van der Waals surface area contributed by atoms with Gasteiger partial charge in [0.1, 0.15) is 0 Å². The first-order chi connectivity index (χ1) is 12.2. The number of aliphatic imine (C=N–C) groups is 1. The summed E-state index contributed by atoms with van der Waals surface area (Å²) in [6.07, 6.45) is 3.09. The van der Waals surface area contributed by atoms with Crippen LogP contribution in [-0.4, -0.2) is 56.7 Å². The zero-order valence-corrected chi connectivity index (χ0v) is 14.8. The molecular formula is C19H26N4O2. The van der Waals surface area contributed by atoms with E-state index in [9.17, 15) is 4.79 Å². The van der Waals surface area contributed by atoms with E-state index in [4.69, 9.17) is 4.74 Å². The van der Waals surface area contributed by atoms with Crippen molar-refractivity contribution in [1.29, 1.82) is 0 Å². The van der Waals surface area contributed by atoms with Crippen LogP contribution in [-0.2, 0) is 9.53 Å². The van der Waals surface area contributed by atoms with Crippen LogP contribution in [0.4, 0.5) is 5.69 Å². The van der Waals surface area contributed by atoms with Crippen LogP contribution >= 0.6 is 0 Å². The highest BCUT2D eigenvalue weighted by Gasteiger charge is 2.42. The molecule has 2 fully saturated rings. The second-order valence-corrected chi connectivity index (χ2v) is 7.37. The molecule has 6 nitrogen and oxygen atoms in total. The molecule has 3 aliphatic rings. The lowest BCUT2D eigenvalue weighted by Gasteiger charge is -2.25. The largest absolute Gasteiger partial charge is 0.381 e. The van der Waals surface area contributed by atoms with E-state index in [0.29, 0.717) is 5.41 Å². The number of hydrogen-bond donors (Lipinski definition) is 2. The maximum absolute atomic E-state index is 12.2. The Morgan fingerprint density at radius 1 is 1.44 bits per heavy atom. The first kappa shape index (κ1) is 16.4. The number of carbonyl (C=O) groups is 1. The lowest BCUT2D eigenvalue weighted by atomic mass is 9.87. The van der Waals surface area contributed by atoms with Crippen molar-refractivity contribution in [1.82, 2.24) is 10.2 Å². The minimum Gasteiger partial charge on any atom is -0.381 e. The van der Waals surface area contributed by atoms with Crippen molar-refractivity contribution in [2.24, 2.45) is 10.4 Å². The molecule has 3 heterocycles. The monoisotopic (exact) mass is 342 g/mol. The molecule has 1 aromatic rings. The molecule has 4 rings (SSSR count). The van der Waals surface area contributed by atoms with Crippen molar-refractivity contribution in [2.45, 2.75) is 25.2 Å². The van der Waals surface area contributed by atoms with Crippen molar-refractivity contribution in [2.75, 3.05) is 45.2 Å². The molecule has 0 radical (unpaired) electrons. The Kier molecular flexibility index (Phi) is 4.37. The number of amides is 1. The molecule has 0 saturated carbocycles. The van der Waals surface area contributed by atoms with E-state index in [2.05, 4.69) is 20.5 Å². The average molecular weight is 342 g/mol. The van der Waals surface area contributed by atoms with Gasteiger partial charge in [0, 0.05) is 44.4 Å². The van der Waals surface area contributed by atoms with E-state index in [1.165, 1.54) is 6.42 Å². The van der Waals surface area contributed by atoms with E-state index < -0.39 is 0 Å². The normalized spacial score (nSPS) is 28.5. The van der Waals surface area contributed by atoms with Gasteiger partial charge in [-0.05, 0) is 30.9 Å². The Balaban J connectivity index is 1.33. The second kappa shape index (κ2) is 6.67. The van der Waals surface area contributed by atoms with Crippen molar-refractivity contribution in [3.63, 3.8) is 0 Å². The molecular weight excluding hydrogens is 316 g/mol. The third-order valence-corrected chi connectivity index (χ3v) is 5.76. The third-order valence-electron chi connectivity index (χ3n) is 5.76. The van der Waals surface area contributed by atoms with Gasteiger partial charge in [0.2, 0.25) is 5.91 Å². The quantitative estimate of drug-likeness (QED) is 0.649. The predicted octanol–water partition coefficient (Wildman–Crippen LogP) is 1.80. The molecule has 1 spiro atoms. The number of ether oxygens (including phenoxy) is 1. The molecule has 0 bridgehead atoms. The SMILES string of the molecule is CN=C(NCCC1C(=O)Nc2ccccc21)N1CCC2(CCOC2)C1. The fourth-order valence-corrected chi connectivity index (χ4v) is 4.31. The molecule has 25 heavy (non-hydrogen) atoms. The van der Waals surface area contributed by atoms with E-state index >= 15 is 0 Å². The molecule has 2 N–H and O–H groups in total. The van der Waals surface area contributed by atoms with E-state index in [1.807, 2.05) is 31.3 Å². The standard InChI is InChI=1S/C19H26N4O2/c1-20-18(23-10-7-19(12-23)8-11-25-13-19)21-9-6-15-14-4-2-3-5-16(14)22-17(15)24/h2-5,15H,6-13H2,1H3,(H,20,21)(H,22,24). The van der Waals surface area contributed by atoms with Crippen molar-refractivity contribution in [3.8, 4) is 0 Å². The van der Waals surface area contributed by atoms with Crippen LogP contribution < -0.4 is 10.6 Å². The summed E-state index contributed by atoms with van der Waals surface area (Å²) in [4.78, 5) is 19.0. The van der Waals surface area contributed by atoms with Gasteiger partial charge >= 0.3 is 0 Å². The van der Waals surface area contributed by atoms with Gasteiger partial charge in [-0.25, -0.2) is 0 Å². The summed E-state index contributed by atoms with van der Waals surface area (Å²) >= 11 is 0. The van der Waals surface area contributed by atoms with Gasteiger partial charge in [0.05, 0.1) is 12.5 Å². The predicted molar refractivity (Wildman–Crippen MR) is 97.9 cm³/mol. The molecule has 2 atom stereocenters. The number of anilines is 1. The second-order valence-electron chi connectivity index (χ2n) is 7.37. The molecule has 134 valence electrons. The number of nitrogens with zero attached hydrogens (tertiary/aromatic N) is 2. The first-order valence-corrected chi connectivity index (χ1v) is 9.14.